The van der Waals surface area contributed by atoms with E-state index in [0.29, 0.717) is 23.7 Å². The molecule has 0 bridgehead atoms. The second-order valence-electron chi connectivity index (χ2n) is 7.62. The molecule has 0 saturated heterocycles. The van der Waals surface area contributed by atoms with Gasteiger partial charge >= 0.3 is 5.97 Å². The van der Waals surface area contributed by atoms with Crippen molar-refractivity contribution in [1.82, 2.24) is 5.16 Å². The average molecular weight is 449 g/mol. The molecule has 2 aromatic carbocycles. The van der Waals surface area contributed by atoms with Crippen LogP contribution >= 0.6 is 0 Å². The van der Waals surface area contributed by atoms with E-state index in [1.807, 2.05) is 13.8 Å². The number of rotatable bonds is 7. The van der Waals surface area contributed by atoms with Gasteiger partial charge in [0.05, 0.1) is 29.1 Å². The molecule has 1 aromatic heterocycles. The van der Waals surface area contributed by atoms with E-state index in [4.69, 9.17) is 14.0 Å². The van der Waals surface area contributed by atoms with Crippen molar-refractivity contribution in [2.24, 2.45) is 0 Å². The van der Waals surface area contributed by atoms with Crippen LogP contribution in [0.3, 0.4) is 0 Å². The highest BCUT2D eigenvalue weighted by atomic mass is 16.5. The van der Waals surface area contributed by atoms with Crippen molar-refractivity contribution in [3.8, 4) is 5.75 Å². The highest BCUT2D eigenvalue weighted by Gasteiger charge is 2.27. The van der Waals surface area contributed by atoms with Crippen LogP contribution < -0.4 is 15.0 Å². The second kappa shape index (κ2) is 9.56. The van der Waals surface area contributed by atoms with Crippen LogP contribution in [0.2, 0.25) is 0 Å². The van der Waals surface area contributed by atoms with Crippen molar-refractivity contribution < 1.29 is 28.4 Å². The number of aryl methyl sites for hydroxylation is 2. The van der Waals surface area contributed by atoms with Gasteiger partial charge in [-0.1, -0.05) is 29.4 Å². The van der Waals surface area contributed by atoms with Gasteiger partial charge in [0, 0.05) is 0 Å². The Hall–Kier alpha value is -4.14. The van der Waals surface area contributed by atoms with E-state index >= 15 is 0 Å². The van der Waals surface area contributed by atoms with Gasteiger partial charge in [0.25, 0.3) is 5.91 Å². The van der Waals surface area contributed by atoms with Crippen molar-refractivity contribution in [3.05, 3.63) is 71.1 Å². The Labute approximate surface area is 190 Å². The van der Waals surface area contributed by atoms with Gasteiger partial charge in [-0.3, -0.25) is 19.3 Å². The molecule has 2 heterocycles. The van der Waals surface area contributed by atoms with Crippen LogP contribution in [0.4, 0.5) is 11.4 Å². The van der Waals surface area contributed by atoms with Gasteiger partial charge in [0.1, 0.15) is 24.7 Å². The average Bonchev–Trinajstić information content (AvgIpc) is 3.13. The summed E-state index contributed by atoms with van der Waals surface area (Å²) >= 11 is 0. The molecule has 1 N–H and O–H groups in total. The van der Waals surface area contributed by atoms with Gasteiger partial charge in [-0.15, -0.1) is 0 Å². The van der Waals surface area contributed by atoms with Gasteiger partial charge in [0.15, 0.2) is 6.61 Å². The third-order valence-corrected chi connectivity index (χ3v) is 5.26. The van der Waals surface area contributed by atoms with Crippen LogP contribution in [0.25, 0.3) is 0 Å². The maximum absolute atomic E-state index is 12.6. The fourth-order valence-corrected chi connectivity index (χ4v) is 3.46. The number of carbonyl (C=O) groups is 3. The molecule has 1 aliphatic rings. The van der Waals surface area contributed by atoms with Crippen LogP contribution in [0, 0.1) is 13.8 Å². The molecule has 0 aliphatic carbocycles. The zero-order valence-electron chi connectivity index (χ0n) is 18.3. The second-order valence-corrected chi connectivity index (χ2v) is 7.62. The summed E-state index contributed by atoms with van der Waals surface area (Å²) in [5.41, 5.74) is 3.53. The number of amides is 2. The van der Waals surface area contributed by atoms with Crippen LogP contribution in [0.15, 0.2) is 53.1 Å². The van der Waals surface area contributed by atoms with Crippen LogP contribution in [0.1, 0.15) is 22.6 Å². The number of anilines is 2. The molecule has 0 fully saturated rings. The number of esters is 1. The minimum absolute atomic E-state index is 0.00843. The van der Waals surface area contributed by atoms with Gasteiger partial charge in [0.2, 0.25) is 5.91 Å². The summed E-state index contributed by atoms with van der Waals surface area (Å²) in [6.45, 7) is 3.45. The van der Waals surface area contributed by atoms with E-state index in [-0.39, 0.29) is 18.9 Å². The minimum atomic E-state index is -0.539. The molecule has 4 rings (SSSR count). The van der Waals surface area contributed by atoms with Gasteiger partial charge in [-0.05, 0) is 43.7 Å². The van der Waals surface area contributed by atoms with E-state index in [2.05, 4.69) is 10.5 Å². The number of ether oxygens (including phenoxy) is 2. The van der Waals surface area contributed by atoms with Crippen LogP contribution in [0.5, 0.6) is 5.75 Å². The molecule has 0 atom stereocenters. The number of nitrogens with one attached hydrogen (secondary N) is 1. The highest BCUT2D eigenvalue weighted by Crippen LogP contribution is 2.28. The Kier molecular flexibility index (Phi) is 6.39. The molecule has 0 spiro atoms. The normalized spacial score (nSPS) is 12.7. The lowest BCUT2D eigenvalue weighted by molar-refractivity contribution is -0.147. The highest BCUT2D eigenvalue weighted by molar-refractivity contribution is 6.10. The fraction of sp³-hybridized carbons (Fsp3) is 0.250. The molecule has 9 heteroatoms. The van der Waals surface area contributed by atoms with Crippen molar-refractivity contribution in [1.29, 1.82) is 0 Å². The summed E-state index contributed by atoms with van der Waals surface area (Å²) in [6, 6.07) is 14.0. The topological polar surface area (TPSA) is 111 Å². The van der Waals surface area contributed by atoms with E-state index in [1.54, 1.807) is 48.5 Å². The largest absolute Gasteiger partial charge is 0.489 e. The Bertz CT molecular complexity index is 1170. The maximum atomic E-state index is 12.6. The Morgan fingerprint density at radius 2 is 1.88 bits per heavy atom. The first-order chi connectivity index (χ1) is 15.9. The quantitative estimate of drug-likeness (QED) is 0.552. The van der Waals surface area contributed by atoms with Crippen molar-refractivity contribution >= 4 is 29.2 Å². The summed E-state index contributed by atoms with van der Waals surface area (Å²) in [7, 11) is 0. The number of hydrogen-bond acceptors (Lipinski definition) is 7. The number of nitrogens with zero attached hydrogens (tertiary/aromatic N) is 2. The molecular formula is C24H23N3O6. The fourth-order valence-electron chi connectivity index (χ4n) is 3.46. The molecule has 33 heavy (non-hydrogen) atoms. The molecule has 2 amide bonds. The van der Waals surface area contributed by atoms with Crippen molar-refractivity contribution in [2.45, 2.75) is 26.9 Å². The Morgan fingerprint density at radius 3 is 2.61 bits per heavy atom. The molecule has 0 unspecified atom stereocenters. The third kappa shape index (κ3) is 5.20. The zero-order chi connectivity index (χ0) is 23.4. The van der Waals surface area contributed by atoms with Crippen molar-refractivity contribution in [3.63, 3.8) is 0 Å². The summed E-state index contributed by atoms with van der Waals surface area (Å²) in [4.78, 5) is 38.0. The zero-order valence-corrected chi connectivity index (χ0v) is 18.3. The Balaban J connectivity index is 1.28. The minimum Gasteiger partial charge on any atom is -0.489 e. The third-order valence-electron chi connectivity index (χ3n) is 5.26. The summed E-state index contributed by atoms with van der Waals surface area (Å²) in [5, 5.41) is 6.61. The Morgan fingerprint density at radius 1 is 1.12 bits per heavy atom. The van der Waals surface area contributed by atoms with E-state index < -0.39 is 18.5 Å². The maximum Gasteiger partial charge on any atom is 0.310 e. The lowest BCUT2D eigenvalue weighted by atomic mass is 10.1. The van der Waals surface area contributed by atoms with Crippen LogP contribution in [-0.4, -0.2) is 36.1 Å². The summed E-state index contributed by atoms with van der Waals surface area (Å²) < 4.78 is 16.0. The van der Waals surface area contributed by atoms with Crippen LogP contribution in [-0.2, 0) is 32.1 Å². The number of para-hydroxylation sites is 2. The number of carbonyl (C=O) groups excluding carboxylic acids is 3. The lowest BCUT2D eigenvalue weighted by Gasteiger charge is -2.28. The van der Waals surface area contributed by atoms with Gasteiger partial charge in [-0.25, -0.2) is 0 Å². The predicted molar refractivity (Wildman–Crippen MR) is 119 cm³/mol. The first-order valence-corrected chi connectivity index (χ1v) is 10.4. The molecule has 1 aliphatic heterocycles. The first-order valence-electron chi connectivity index (χ1n) is 10.4. The van der Waals surface area contributed by atoms with Gasteiger partial charge in [-0.2, -0.15) is 0 Å². The lowest BCUT2D eigenvalue weighted by Crippen LogP contribution is -2.44. The monoisotopic (exact) mass is 449 g/mol. The van der Waals surface area contributed by atoms with Crippen molar-refractivity contribution in [2.75, 3.05) is 23.4 Å². The molecule has 170 valence electrons. The van der Waals surface area contributed by atoms with E-state index in [0.717, 1.165) is 22.6 Å². The molecular weight excluding hydrogens is 426 g/mol. The first kappa shape index (κ1) is 22.1. The number of hydrogen-bond donors (Lipinski definition) is 1. The number of benzene rings is 2. The molecule has 9 nitrogen and oxygen atoms in total. The van der Waals surface area contributed by atoms with E-state index in [1.165, 1.54) is 4.90 Å². The standard InChI is InChI=1S/C24H23N3O6/c1-15-19(16(2)33-26-15)13-31-18-9-7-17(8-10-18)11-24(30)32-14-23(29)27-12-22(28)25-20-5-3-4-6-21(20)27/h3-10H,11-14H2,1-2H3,(H,25,28). The SMILES string of the molecule is Cc1noc(C)c1COc1ccc(CC(=O)OCC(=O)N2CC(=O)Nc3ccccc32)cc1. The molecule has 0 radical (unpaired) electrons. The summed E-state index contributed by atoms with van der Waals surface area (Å²) in [5.74, 6) is 0.0562. The van der Waals surface area contributed by atoms with Gasteiger partial charge < -0.3 is 19.3 Å². The number of aromatic nitrogens is 1. The van der Waals surface area contributed by atoms with E-state index in [9.17, 15) is 14.4 Å². The molecule has 0 saturated carbocycles. The molecule has 3 aromatic rings. The number of fused-ring (bicyclic) bond motifs is 1. The predicted octanol–water partition coefficient (Wildman–Crippen LogP) is 2.94. The smallest absolute Gasteiger partial charge is 0.310 e. The summed E-state index contributed by atoms with van der Waals surface area (Å²) in [6.07, 6.45) is 0.00843.